The molecule has 0 unspecified atom stereocenters. The number of hydrogen-bond acceptors (Lipinski definition) is 3. The van der Waals surface area contributed by atoms with Gasteiger partial charge in [0.1, 0.15) is 0 Å². The van der Waals surface area contributed by atoms with E-state index in [2.05, 4.69) is 17.0 Å². The number of nitrogens with zero attached hydrogens (tertiary/aromatic N) is 2. The van der Waals surface area contributed by atoms with Crippen molar-refractivity contribution in [1.29, 1.82) is 0 Å². The van der Waals surface area contributed by atoms with Crippen LogP contribution in [0, 0.1) is 16.0 Å². The lowest BCUT2D eigenvalue weighted by Crippen LogP contribution is -2.46. The smallest absolute Gasteiger partial charge is 0.228 e. The van der Waals surface area contributed by atoms with E-state index >= 15 is 0 Å². The molecule has 0 saturated carbocycles. The van der Waals surface area contributed by atoms with Gasteiger partial charge in [-0.1, -0.05) is 37.3 Å². The number of benzene rings is 1. The molecule has 4 nitrogen and oxygen atoms in total. The zero-order chi connectivity index (χ0) is 12.3. The molecule has 17 heavy (non-hydrogen) atoms. The van der Waals surface area contributed by atoms with E-state index in [0.29, 0.717) is 6.54 Å². The van der Waals surface area contributed by atoms with E-state index in [1.807, 2.05) is 25.1 Å². The predicted octanol–water partition coefficient (Wildman–Crippen LogP) is 2.17. The van der Waals surface area contributed by atoms with E-state index in [1.54, 1.807) is 0 Å². The van der Waals surface area contributed by atoms with Gasteiger partial charge < -0.3 is 0 Å². The van der Waals surface area contributed by atoms with Crippen LogP contribution in [-0.2, 0) is 6.54 Å². The van der Waals surface area contributed by atoms with E-state index in [-0.39, 0.29) is 10.8 Å². The number of nitro groups is 1. The van der Waals surface area contributed by atoms with Gasteiger partial charge in [-0.15, -0.1) is 0 Å². The molecule has 1 aromatic carbocycles. The third-order valence-electron chi connectivity index (χ3n) is 3.52. The second-order valence-corrected chi connectivity index (χ2v) is 4.84. The fourth-order valence-electron chi connectivity index (χ4n) is 2.37. The highest BCUT2D eigenvalue weighted by atomic mass is 16.6. The second kappa shape index (κ2) is 5.27. The molecular formula is C13H18N2O2. The highest BCUT2D eigenvalue weighted by molar-refractivity contribution is 5.14. The Morgan fingerprint density at radius 3 is 2.76 bits per heavy atom. The summed E-state index contributed by atoms with van der Waals surface area (Å²) in [7, 11) is 0. The second-order valence-electron chi connectivity index (χ2n) is 4.84. The average molecular weight is 234 g/mol. The van der Waals surface area contributed by atoms with Gasteiger partial charge in [0.25, 0.3) is 0 Å². The van der Waals surface area contributed by atoms with Gasteiger partial charge in [0.15, 0.2) is 0 Å². The van der Waals surface area contributed by atoms with Crippen LogP contribution >= 0.6 is 0 Å². The lowest BCUT2D eigenvalue weighted by molar-refractivity contribution is -0.535. The Morgan fingerprint density at radius 1 is 1.41 bits per heavy atom. The molecule has 92 valence electrons. The van der Waals surface area contributed by atoms with Gasteiger partial charge in [0, 0.05) is 17.4 Å². The van der Waals surface area contributed by atoms with Crippen LogP contribution in [0.25, 0.3) is 0 Å². The van der Waals surface area contributed by atoms with Crippen LogP contribution < -0.4 is 0 Å². The molecule has 0 N–H and O–H groups in total. The van der Waals surface area contributed by atoms with Crippen LogP contribution in [0.5, 0.6) is 0 Å². The van der Waals surface area contributed by atoms with Crippen molar-refractivity contribution in [3.05, 3.63) is 46.0 Å². The Balaban J connectivity index is 1.97. The van der Waals surface area contributed by atoms with Crippen molar-refractivity contribution in [3.8, 4) is 0 Å². The average Bonchev–Trinajstić information content (AvgIpc) is 2.32. The van der Waals surface area contributed by atoms with E-state index in [1.165, 1.54) is 5.56 Å². The summed E-state index contributed by atoms with van der Waals surface area (Å²) in [6, 6.07) is 9.73. The summed E-state index contributed by atoms with van der Waals surface area (Å²) in [5, 5.41) is 10.9. The van der Waals surface area contributed by atoms with Crippen molar-refractivity contribution in [1.82, 2.24) is 4.90 Å². The maximum Gasteiger partial charge on any atom is 0.228 e. The Hall–Kier alpha value is -1.42. The van der Waals surface area contributed by atoms with Crippen molar-refractivity contribution in [2.24, 2.45) is 5.92 Å². The lowest BCUT2D eigenvalue weighted by atomic mass is 9.94. The first-order chi connectivity index (χ1) is 8.16. The van der Waals surface area contributed by atoms with Crippen molar-refractivity contribution < 1.29 is 4.92 Å². The lowest BCUT2D eigenvalue weighted by Gasteiger charge is -2.32. The normalized spacial score (nSPS) is 25.7. The zero-order valence-corrected chi connectivity index (χ0v) is 10.1. The molecule has 1 heterocycles. The molecule has 1 aliphatic heterocycles. The summed E-state index contributed by atoms with van der Waals surface area (Å²) in [5.41, 5.74) is 1.23. The van der Waals surface area contributed by atoms with Gasteiger partial charge in [-0.05, 0) is 18.5 Å². The van der Waals surface area contributed by atoms with E-state index < -0.39 is 6.04 Å². The Morgan fingerprint density at radius 2 is 2.12 bits per heavy atom. The molecule has 1 fully saturated rings. The van der Waals surface area contributed by atoms with Crippen LogP contribution in [0.2, 0.25) is 0 Å². The minimum absolute atomic E-state index is 0.123. The van der Waals surface area contributed by atoms with E-state index in [0.717, 1.165) is 19.5 Å². The van der Waals surface area contributed by atoms with Crippen molar-refractivity contribution in [2.45, 2.75) is 25.9 Å². The molecule has 0 aromatic heterocycles. The third-order valence-corrected chi connectivity index (χ3v) is 3.52. The van der Waals surface area contributed by atoms with Gasteiger partial charge in [0.05, 0.1) is 6.54 Å². The Kier molecular flexibility index (Phi) is 3.74. The standard InChI is InChI=1S/C13H18N2O2/c1-11-7-8-14(10-13(11)15(16)17)9-12-5-3-2-4-6-12/h2-6,11,13H,7-10H2,1H3/t11-,13-/m0/s1. The number of piperidine rings is 1. The largest absolute Gasteiger partial charge is 0.292 e. The molecule has 1 aliphatic rings. The maximum atomic E-state index is 10.9. The van der Waals surface area contributed by atoms with Crippen LogP contribution in [-0.4, -0.2) is 29.0 Å². The SMILES string of the molecule is C[C@H]1CCN(Cc2ccccc2)C[C@@H]1[N+](=O)[O-]. The zero-order valence-electron chi connectivity index (χ0n) is 10.1. The van der Waals surface area contributed by atoms with E-state index in [9.17, 15) is 10.1 Å². The molecule has 2 atom stereocenters. The highest BCUT2D eigenvalue weighted by Gasteiger charge is 2.34. The molecule has 0 bridgehead atoms. The molecule has 1 aromatic rings. The van der Waals surface area contributed by atoms with Crippen LogP contribution in [0.1, 0.15) is 18.9 Å². The van der Waals surface area contributed by atoms with Crippen LogP contribution in [0.3, 0.4) is 0 Å². The van der Waals surface area contributed by atoms with Crippen molar-refractivity contribution >= 4 is 0 Å². The maximum absolute atomic E-state index is 10.9. The summed E-state index contributed by atoms with van der Waals surface area (Å²) in [6.45, 7) is 4.33. The monoisotopic (exact) mass is 234 g/mol. The molecule has 0 radical (unpaired) electrons. The summed E-state index contributed by atoms with van der Waals surface area (Å²) in [6.07, 6.45) is 0.915. The highest BCUT2D eigenvalue weighted by Crippen LogP contribution is 2.20. The topological polar surface area (TPSA) is 46.4 Å². The summed E-state index contributed by atoms with van der Waals surface area (Å²) in [4.78, 5) is 13.0. The van der Waals surface area contributed by atoms with Gasteiger partial charge in [0.2, 0.25) is 6.04 Å². The Labute approximate surface area is 101 Å². The first-order valence-electron chi connectivity index (χ1n) is 6.06. The fraction of sp³-hybridized carbons (Fsp3) is 0.538. The summed E-state index contributed by atoms with van der Waals surface area (Å²) >= 11 is 0. The number of likely N-dealkylation sites (tertiary alicyclic amines) is 1. The van der Waals surface area contributed by atoms with Gasteiger partial charge in [-0.25, -0.2) is 0 Å². The minimum atomic E-state index is -0.410. The quantitative estimate of drug-likeness (QED) is 0.595. The fourth-order valence-corrected chi connectivity index (χ4v) is 2.37. The molecule has 0 aliphatic carbocycles. The number of hydrogen-bond donors (Lipinski definition) is 0. The van der Waals surface area contributed by atoms with Crippen LogP contribution in [0.15, 0.2) is 30.3 Å². The number of rotatable bonds is 3. The first kappa shape index (κ1) is 12.0. The Bertz CT molecular complexity index is 380. The van der Waals surface area contributed by atoms with Crippen LogP contribution in [0.4, 0.5) is 0 Å². The van der Waals surface area contributed by atoms with Gasteiger partial charge in [-0.2, -0.15) is 0 Å². The van der Waals surface area contributed by atoms with Crippen molar-refractivity contribution in [2.75, 3.05) is 13.1 Å². The third kappa shape index (κ3) is 3.03. The minimum Gasteiger partial charge on any atom is -0.292 e. The molecule has 1 saturated heterocycles. The molecule has 4 heteroatoms. The predicted molar refractivity (Wildman–Crippen MR) is 66.3 cm³/mol. The first-order valence-corrected chi connectivity index (χ1v) is 6.06. The molecule has 0 amide bonds. The summed E-state index contributed by atoms with van der Waals surface area (Å²) < 4.78 is 0. The molecule has 2 rings (SSSR count). The van der Waals surface area contributed by atoms with Gasteiger partial charge >= 0.3 is 0 Å². The van der Waals surface area contributed by atoms with Gasteiger partial charge in [-0.3, -0.25) is 15.0 Å². The summed E-state index contributed by atoms with van der Waals surface area (Å²) in [5.74, 6) is 0.192. The molecular weight excluding hydrogens is 216 g/mol. The van der Waals surface area contributed by atoms with Crippen molar-refractivity contribution in [3.63, 3.8) is 0 Å². The van der Waals surface area contributed by atoms with E-state index in [4.69, 9.17) is 0 Å². The molecule has 0 spiro atoms.